The fraction of sp³-hybridized carbons (Fsp3) is 0.182. The van der Waals surface area contributed by atoms with Gasteiger partial charge in [-0.05, 0) is 55.3 Å². The lowest BCUT2D eigenvalue weighted by atomic mass is 10.1. The minimum absolute atomic E-state index is 0.0367. The number of nitrogens with zero attached hydrogens (tertiary/aromatic N) is 5. The Labute approximate surface area is 190 Å². The molecule has 0 radical (unpaired) electrons. The number of aliphatic carboxylic acids is 1. The molecule has 0 saturated heterocycles. The molecule has 0 bridgehead atoms. The number of benzene rings is 1. The van der Waals surface area contributed by atoms with E-state index >= 15 is 0 Å². The van der Waals surface area contributed by atoms with Crippen LogP contribution in [0.3, 0.4) is 0 Å². The first kappa shape index (κ1) is 22.8. The molecule has 9 nitrogen and oxygen atoms in total. The van der Waals surface area contributed by atoms with E-state index in [1.807, 2.05) is 0 Å². The molecule has 4 rings (SSSR count). The van der Waals surface area contributed by atoms with Gasteiger partial charge in [-0.3, -0.25) is 9.59 Å². The molecule has 174 valence electrons. The second kappa shape index (κ2) is 8.54. The fourth-order valence-corrected chi connectivity index (χ4v) is 3.38. The quantitative estimate of drug-likeness (QED) is 0.454. The van der Waals surface area contributed by atoms with Crippen molar-refractivity contribution in [3.63, 3.8) is 0 Å². The topological polar surface area (TPSA) is 123 Å². The summed E-state index contributed by atoms with van der Waals surface area (Å²) in [4.78, 5) is 35.7. The van der Waals surface area contributed by atoms with Crippen molar-refractivity contribution in [3.8, 4) is 11.4 Å². The molecule has 0 aliphatic heterocycles. The molecule has 3 heterocycles. The van der Waals surface area contributed by atoms with E-state index in [0.29, 0.717) is 27.9 Å². The maximum atomic E-state index is 13.0. The number of amides is 1. The number of fused-ring (bicyclic) bond motifs is 1. The highest BCUT2D eigenvalue weighted by atomic mass is 19.4. The second-order valence-corrected chi connectivity index (χ2v) is 7.50. The summed E-state index contributed by atoms with van der Waals surface area (Å²) in [5.41, 5.74) is 1.48. The molecule has 34 heavy (non-hydrogen) atoms. The van der Waals surface area contributed by atoms with Gasteiger partial charge < -0.3 is 10.4 Å². The van der Waals surface area contributed by atoms with Crippen LogP contribution < -0.4 is 5.32 Å². The van der Waals surface area contributed by atoms with Crippen LogP contribution in [0.4, 0.5) is 18.9 Å². The van der Waals surface area contributed by atoms with Crippen LogP contribution in [0.2, 0.25) is 0 Å². The van der Waals surface area contributed by atoms with E-state index in [-0.39, 0.29) is 17.0 Å². The van der Waals surface area contributed by atoms with Crippen molar-refractivity contribution >= 4 is 28.6 Å². The number of rotatable bonds is 5. The van der Waals surface area contributed by atoms with Crippen LogP contribution in [0.25, 0.3) is 22.4 Å². The van der Waals surface area contributed by atoms with E-state index in [4.69, 9.17) is 5.11 Å². The molecule has 0 unspecified atom stereocenters. The second-order valence-electron chi connectivity index (χ2n) is 7.50. The number of hydrogen-bond acceptors (Lipinski definition) is 6. The summed E-state index contributed by atoms with van der Waals surface area (Å²) in [5, 5.41) is 15.5. The van der Waals surface area contributed by atoms with Gasteiger partial charge in [-0.15, -0.1) is 0 Å². The van der Waals surface area contributed by atoms with Gasteiger partial charge in [0, 0.05) is 17.4 Å². The monoisotopic (exact) mass is 470 g/mol. The predicted molar refractivity (Wildman–Crippen MR) is 115 cm³/mol. The summed E-state index contributed by atoms with van der Waals surface area (Å²) >= 11 is 0. The third kappa shape index (κ3) is 4.56. The van der Waals surface area contributed by atoms with E-state index < -0.39 is 30.3 Å². The van der Waals surface area contributed by atoms with Crippen molar-refractivity contribution < 1.29 is 27.9 Å². The number of anilines is 1. The number of carboxylic acid groups (broad SMARTS) is 1. The standard InChI is InChI=1S/C22H17F3N6O3/c1-11-7-13(3-4-14(11)29-21(34)16-5-6-27-31(16)10-18(32)33)20-26-9-15-19(30-20)12(2)8-17(28-15)22(23,24)25/h3-9H,10H2,1-2H3,(H,29,34)(H,32,33). The molecular formula is C22H17F3N6O3. The molecular weight excluding hydrogens is 453 g/mol. The normalized spacial score (nSPS) is 11.6. The van der Waals surface area contributed by atoms with Crippen LogP contribution in [0.5, 0.6) is 0 Å². The maximum absolute atomic E-state index is 13.0. The van der Waals surface area contributed by atoms with E-state index in [2.05, 4.69) is 25.4 Å². The number of carboxylic acids is 1. The number of nitrogens with one attached hydrogen (secondary N) is 1. The number of pyridine rings is 1. The van der Waals surface area contributed by atoms with Gasteiger partial charge in [0.2, 0.25) is 0 Å². The van der Waals surface area contributed by atoms with E-state index in [0.717, 1.165) is 10.7 Å². The molecule has 2 N–H and O–H groups in total. The molecule has 1 amide bonds. The highest BCUT2D eigenvalue weighted by Crippen LogP contribution is 2.31. The summed E-state index contributed by atoms with van der Waals surface area (Å²) < 4.78 is 40.1. The lowest BCUT2D eigenvalue weighted by molar-refractivity contribution is -0.141. The van der Waals surface area contributed by atoms with Gasteiger partial charge >= 0.3 is 12.1 Å². The molecule has 4 aromatic rings. The van der Waals surface area contributed by atoms with Crippen LogP contribution >= 0.6 is 0 Å². The lowest BCUT2D eigenvalue weighted by Gasteiger charge is -2.12. The Morgan fingerprint density at radius 1 is 1.09 bits per heavy atom. The predicted octanol–water partition coefficient (Wildman–Crippen LogP) is 3.86. The van der Waals surface area contributed by atoms with Crippen molar-refractivity contribution in [3.05, 3.63) is 65.2 Å². The average Bonchev–Trinajstić information content (AvgIpc) is 3.21. The third-order valence-electron chi connectivity index (χ3n) is 4.99. The number of hydrogen-bond donors (Lipinski definition) is 2. The number of aryl methyl sites for hydroxylation is 2. The smallest absolute Gasteiger partial charge is 0.433 e. The molecule has 0 spiro atoms. The summed E-state index contributed by atoms with van der Waals surface area (Å²) in [6.45, 7) is 2.82. The van der Waals surface area contributed by atoms with Crippen molar-refractivity contribution in [2.45, 2.75) is 26.6 Å². The van der Waals surface area contributed by atoms with Crippen molar-refractivity contribution in [1.82, 2.24) is 24.7 Å². The van der Waals surface area contributed by atoms with Crippen LogP contribution in [-0.4, -0.2) is 41.7 Å². The summed E-state index contributed by atoms with van der Waals surface area (Å²) in [6.07, 6.45) is -1.99. The van der Waals surface area contributed by atoms with Gasteiger partial charge in [0.15, 0.2) is 5.82 Å². The summed E-state index contributed by atoms with van der Waals surface area (Å²) in [7, 11) is 0. The van der Waals surface area contributed by atoms with Crippen LogP contribution in [0, 0.1) is 13.8 Å². The first-order chi connectivity index (χ1) is 16.0. The fourth-order valence-electron chi connectivity index (χ4n) is 3.38. The third-order valence-corrected chi connectivity index (χ3v) is 4.99. The number of alkyl halides is 3. The van der Waals surface area contributed by atoms with Gasteiger partial charge in [-0.2, -0.15) is 18.3 Å². The van der Waals surface area contributed by atoms with E-state index in [1.165, 1.54) is 25.4 Å². The van der Waals surface area contributed by atoms with Gasteiger partial charge in [-0.25, -0.2) is 19.6 Å². The summed E-state index contributed by atoms with van der Waals surface area (Å²) in [6, 6.07) is 7.36. The molecule has 0 saturated carbocycles. The Morgan fingerprint density at radius 2 is 1.85 bits per heavy atom. The SMILES string of the molecule is Cc1cc(-c2ncc3nc(C(F)(F)F)cc(C)c3n2)ccc1NC(=O)c1ccnn1CC(=O)O. The Hall–Kier alpha value is -4.35. The molecule has 0 atom stereocenters. The molecule has 0 fully saturated rings. The Bertz CT molecular complexity index is 1430. The van der Waals surface area contributed by atoms with E-state index in [1.54, 1.807) is 25.1 Å². The first-order valence-electron chi connectivity index (χ1n) is 9.90. The van der Waals surface area contributed by atoms with E-state index in [9.17, 15) is 22.8 Å². The van der Waals surface area contributed by atoms with Crippen molar-refractivity contribution in [2.24, 2.45) is 0 Å². The largest absolute Gasteiger partial charge is 0.480 e. The zero-order valence-corrected chi connectivity index (χ0v) is 17.9. The maximum Gasteiger partial charge on any atom is 0.433 e. The van der Waals surface area contributed by atoms with Gasteiger partial charge in [0.25, 0.3) is 5.91 Å². The van der Waals surface area contributed by atoms with Gasteiger partial charge in [0.1, 0.15) is 23.4 Å². The zero-order valence-electron chi connectivity index (χ0n) is 17.9. The number of aromatic nitrogens is 5. The molecule has 12 heteroatoms. The number of carbonyl (C=O) groups excluding carboxylic acids is 1. The highest BCUT2D eigenvalue weighted by molar-refractivity contribution is 6.03. The van der Waals surface area contributed by atoms with Crippen molar-refractivity contribution in [2.75, 3.05) is 5.32 Å². The van der Waals surface area contributed by atoms with Crippen LogP contribution in [-0.2, 0) is 17.5 Å². The Kier molecular flexibility index (Phi) is 5.73. The number of carbonyl (C=O) groups is 2. The van der Waals surface area contributed by atoms with Crippen LogP contribution in [0.15, 0.2) is 42.7 Å². The van der Waals surface area contributed by atoms with Crippen LogP contribution in [0.1, 0.15) is 27.3 Å². The zero-order chi connectivity index (χ0) is 24.6. The molecule has 0 aliphatic carbocycles. The molecule has 1 aromatic carbocycles. The summed E-state index contributed by atoms with van der Waals surface area (Å²) in [5.74, 6) is -1.37. The Morgan fingerprint density at radius 3 is 2.53 bits per heavy atom. The highest BCUT2D eigenvalue weighted by Gasteiger charge is 2.33. The minimum atomic E-state index is -4.57. The average molecular weight is 470 g/mol. The first-order valence-corrected chi connectivity index (χ1v) is 9.90. The van der Waals surface area contributed by atoms with Gasteiger partial charge in [-0.1, -0.05) is 0 Å². The molecule has 0 aliphatic rings. The number of halogens is 3. The lowest BCUT2D eigenvalue weighted by Crippen LogP contribution is -2.21. The Balaban J connectivity index is 1.61. The molecule has 3 aromatic heterocycles. The van der Waals surface area contributed by atoms with Crippen molar-refractivity contribution in [1.29, 1.82) is 0 Å². The van der Waals surface area contributed by atoms with Gasteiger partial charge in [0.05, 0.1) is 11.7 Å². The minimum Gasteiger partial charge on any atom is -0.480 e.